The zero-order valence-electron chi connectivity index (χ0n) is 23.6. The second-order valence-electron chi connectivity index (χ2n) is 9.54. The van der Waals surface area contributed by atoms with Crippen LogP contribution in [-0.2, 0) is 4.79 Å². The van der Waals surface area contributed by atoms with Gasteiger partial charge in [-0.15, -0.1) is 0 Å². The molecular formula is C31H32BrN3O6. The molecule has 3 aromatic carbocycles. The molecule has 214 valence electrons. The molecule has 0 radical (unpaired) electrons. The van der Waals surface area contributed by atoms with Crippen LogP contribution in [0, 0.1) is 6.92 Å². The molecule has 0 saturated carbocycles. The molecular weight excluding hydrogens is 590 g/mol. The van der Waals surface area contributed by atoms with Gasteiger partial charge in [-0.3, -0.25) is 4.79 Å². The van der Waals surface area contributed by atoms with Crippen molar-refractivity contribution < 1.29 is 24.1 Å². The van der Waals surface area contributed by atoms with Crippen LogP contribution in [0.5, 0.6) is 17.2 Å². The standard InChI is InChI=1S/C31H32BrN3O6/c1-6-39-26-12-19(5)23(14-22(26)18(3)4)30-34-25-11-9-8-10-21(25)31(38)35(30)33-16-20-13-27(40-7-2)28(15-24(20)32)41-17-29(36)37/h8-16,18H,6-7,17H2,1-5H3,(H,36,37). The van der Waals surface area contributed by atoms with Crippen LogP contribution < -0.4 is 19.8 Å². The minimum Gasteiger partial charge on any atom is -0.494 e. The Morgan fingerprint density at radius 1 is 1.05 bits per heavy atom. The molecule has 4 rings (SSSR count). The normalized spacial score (nSPS) is 11.4. The van der Waals surface area contributed by atoms with Crippen LogP contribution in [0.4, 0.5) is 0 Å². The van der Waals surface area contributed by atoms with Crippen LogP contribution in [-0.4, -0.2) is 46.8 Å². The van der Waals surface area contributed by atoms with Crippen molar-refractivity contribution in [2.75, 3.05) is 19.8 Å². The van der Waals surface area contributed by atoms with E-state index in [0.717, 1.165) is 22.4 Å². The second-order valence-corrected chi connectivity index (χ2v) is 10.4. The first kappa shape index (κ1) is 29.8. The highest BCUT2D eigenvalue weighted by molar-refractivity contribution is 9.10. The Balaban J connectivity index is 1.91. The molecule has 0 aliphatic heterocycles. The zero-order valence-corrected chi connectivity index (χ0v) is 25.2. The average Bonchev–Trinajstić information content (AvgIpc) is 2.93. The molecule has 4 aromatic rings. The highest BCUT2D eigenvalue weighted by atomic mass is 79.9. The number of aromatic nitrogens is 2. The van der Waals surface area contributed by atoms with Gasteiger partial charge in [-0.05, 0) is 90.1 Å². The van der Waals surface area contributed by atoms with Crippen molar-refractivity contribution in [3.05, 3.63) is 80.0 Å². The number of carboxylic acid groups (broad SMARTS) is 1. The molecule has 1 N–H and O–H groups in total. The number of rotatable bonds is 11. The van der Waals surface area contributed by atoms with Crippen LogP contribution in [0.2, 0.25) is 0 Å². The molecule has 41 heavy (non-hydrogen) atoms. The van der Waals surface area contributed by atoms with E-state index in [1.165, 1.54) is 10.9 Å². The molecule has 0 aliphatic carbocycles. The maximum Gasteiger partial charge on any atom is 0.341 e. The fourth-order valence-corrected chi connectivity index (χ4v) is 4.79. The minimum absolute atomic E-state index is 0.176. The zero-order chi connectivity index (χ0) is 29.7. The molecule has 0 unspecified atom stereocenters. The molecule has 0 aliphatic rings. The molecule has 1 heterocycles. The summed E-state index contributed by atoms with van der Waals surface area (Å²) in [6, 6.07) is 14.5. The first-order valence-electron chi connectivity index (χ1n) is 13.3. The molecule has 0 spiro atoms. The summed E-state index contributed by atoms with van der Waals surface area (Å²) in [5.74, 6) is 0.903. The number of nitrogens with zero attached hydrogens (tertiary/aromatic N) is 3. The first-order valence-corrected chi connectivity index (χ1v) is 14.1. The maximum atomic E-state index is 13.8. The summed E-state index contributed by atoms with van der Waals surface area (Å²) in [4.78, 5) is 29.7. The first-order chi connectivity index (χ1) is 19.6. The van der Waals surface area contributed by atoms with Gasteiger partial charge in [-0.1, -0.05) is 26.0 Å². The van der Waals surface area contributed by atoms with Gasteiger partial charge < -0.3 is 19.3 Å². The summed E-state index contributed by atoms with van der Waals surface area (Å²) in [7, 11) is 0. The quantitative estimate of drug-likeness (QED) is 0.193. The Hall–Kier alpha value is -4.18. The smallest absolute Gasteiger partial charge is 0.341 e. The molecule has 0 amide bonds. The van der Waals surface area contributed by atoms with Gasteiger partial charge in [0, 0.05) is 15.6 Å². The third-order valence-electron chi connectivity index (χ3n) is 6.30. The monoisotopic (exact) mass is 621 g/mol. The Labute approximate surface area is 246 Å². The van der Waals surface area contributed by atoms with Crippen molar-refractivity contribution in [2.24, 2.45) is 5.10 Å². The molecule has 10 heteroatoms. The number of carbonyl (C=O) groups is 1. The van der Waals surface area contributed by atoms with Gasteiger partial charge in [0.1, 0.15) is 5.75 Å². The van der Waals surface area contributed by atoms with Gasteiger partial charge in [-0.25, -0.2) is 9.78 Å². The van der Waals surface area contributed by atoms with E-state index < -0.39 is 12.6 Å². The summed E-state index contributed by atoms with van der Waals surface area (Å²) in [5, 5.41) is 14.1. The maximum absolute atomic E-state index is 13.8. The topological polar surface area (TPSA) is 112 Å². The Morgan fingerprint density at radius 2 is 1.73 bits per heavy atom. The minimum atomic E-state index is -1.10. The van der Waals surface area contributed by atoms with Gasteiger partial charge in [0.2, 0.25) is 0 Å². The van der Waals surface area contributed by atoms with Gasteiger partial charge >= 0.3 is 5.97 Å². The highest BCUT2D eigenvalue weighted by Gasteiger charge is 2.19. The largest absolute Gasteiger partial charge is 0.494 e. The lowest BCUT2D eigenvalue weighted by molar-refractivity contribution is -0.139. The molecule has 0 bridgehead atoms. The third-order valence-corrected chi connectivity index (χ3v) is 6.99. The highest BCUT2D eigenvalue weighted by Crippen LogP contribution is 2.35. The van der Waals surface area contributed by atoms with Gasteiger partial charge in [0.05, 0.1) is 30.3 Å². The molecule has 0 saturated heterocycles. The predicted molar refractivity (Wildman–Crippen MR) is 163 cm³/mol. The lowest BCUT2D eigenvalue weighted by atomic mass is 9.96. The van der Waals surface area contributed by atoms with Crippen LogP contribution >= 0.6 is 15.9 Å². The van der Waals surface area contributed by atoms with Crippen molar-refractivity contribution in [1.82, 2.24) is 9.66 Å². The Morgan fingerprint density at radius 3 is 2.41 bits per heavy atom. The van der Waals surface area contributed by atoms with E-state index in [9.17, 15) is 9.59 Å². The second kappa shape index (κ2) is 13.0. The van der Waals surface area contributed by atoms with E-state index in [0.29, 0.717) is 45.7 Å². The number of aryl methyl sites for hydroxylation is 1. The van der Waals surface area contributed by atoms with E-state index in [1.807, 2.05) is 45.0 Å². The van der Waals surface area contributed by atoms with E-state index in [4.69, 9.17) is 24.3 Å². The van der Waals surface area contributed by atoms with Gasteiger partial charge in [0.25, 0.3) is 5.56 Å². The van der Waals surface area contributed by atoms with Crippen LogP contribution in [0.25, 0.3) is 22.3 Å². The Kier molecular flexibility index (Phi) is 9.44. The van der Waals surface area contributed by atoms with Gasteiger partial charge in [0.15, 0.2) is 23.9 Å². The number of fused-ring (bicyclic) bond motifs is 1. The molecule has 1 aromatic heterocycles. The molecule has 0 atom stereocenters. The lowest BCUT2D eigenvalue weighted by Gasteiger charge is -2.18. The number of para-hydroxylation sites is 1. The van der Waals surface area contributed by atoms with Crippen LogP contribution in [0.1, 0.15) is 50.3 Å². The van der Waals surface area contributed by atoms with Crippen molar-refractivity contribution in [3.63, 3.8) is 0 Å². The van der Waals surface area contributed by atoms with Crippen molar-refractivity contribution in [1.29, 1.82) is 0 Å². The summed E-state index contributed by atoms with van der Waals surface area (Å²) in [6.45, 7) is 10.3. The van der Waals surface area contributed by atoms with E-state index in [1.54, 1.807) is 24.3 Å². The van der Waals surface area contributed by atoms with E-state index >= 15 is 0 Å². The Bertz CT molecular complexity index is 1680. The number of halogens is 1. The number of aliphatic carboxylic acids is 1. The van der Waals surface area contributed by atoms with Crippen molar-refractivity contribution in [2.45, 2.75) is 40.5 Å². The number of carboxylic acids is 1. The number of hydrogen-bond donors (Lipinski definition) is 1. The van der Waals surface area contributed by atoms with E-state index in [2.05, 4.69) is 34.9 Å². The fourth-order valence-electron chi connectivity index (χ4n) is 4.37. The van der Waals surface area contributed by atoms with Crippen LogP contribution in [0.15, 0.2) is 62.9 Å². The fraction of sp³-hybridized carbons (Fsp3) is 0.290. The summed E-state index contributed by atoms with van der Waals surface area (Å²) in [6.07, 6.45) is 1.53. The average molecular weight is 623 g/mol. The SMILES string of the molecule is CCOc1cc(C=Nn2c(-c3cc(C(C)C)c(OCC)cc3C)nc3ccccc3c2=O)c(Br)cc1OCC(=O)O. The number of hydrogen-bond acceptors (Lipinski definition) is 7. The third kappa shape index (κ3) is 6.59. The number of benzene rings is 3. The van der Waals surface area contributed by atoms with Gasteiger partial charge in [-0.2, -0.15) is 9.78 Å². The summed E-state index contributed by atoms with van der Waals surface area (Å²) in [5.41, 5.74) is 3.51. The predicted octanol–water partition coefficient (Wildman–Crippen LogP) is 6.40. The van der Waals surface area contributed by atoms with E-state index in [-0.39, 0.29) is 17.2 Å². The van der Waals surface area contributed by atoms with Crippen molar-refractivity contribution >= 4 is 39.0 Å². The molecule has 9 nitrogen and oxygen atoms in total. The van der Waals surface area contributed by atoms with Crippen LogP contribution in [0.3, 0.4) is 0 Å². The number of ether oxygens (including phenoxy) is 3. The summed E-state index contributed by atoms with van der Waals surface area (Å²) >= 11 is 3.50. The molecule has 0 fully saturated rings. The summed E-state index contributed by atoms with van der Waals surface area (Å²) < 4.78 is 18.9. The van der Waals surface area contributed by atoms with Crippen molar-refractivity contribution in [3.8, 4) is 28.6 Å². The lowest BCUT2D eigenvalue weighted by Crippen LogP contribution is -2.21.